The highest BCUT2D eigenvalue weighted by molar-refractivity contribution is 7.18. The summed E-state index contributed by atoms with van der Waals surface area (Å²) in [6, 6.07) is 25.4. The number of benzene rings is 3. The van der Waals surface area contributed by atoms with Crippen LogP contribution in [0.15, 0.2) is 78.9 Å². The monoisotopic (exact) mass is 483 g/mol. The smallest absolute Gasteiger partial charge is 0.253 e. The van der Waals surface area contributed by atoms with Gasteiger partial charge in [0.1, 0.15) is 5.01 Å². The Bertz CT molecular complexity index is 1290. The zero-order valence-corrected chi connectivity index (χ0v) is 21.1. The van der Waals surface area contributed by atoms with Crippen LogP contribution in [0.4, 0.5) is 5.69 Å². The van der Waals surface area contributed by atoms with Gasteiger partial charge in [0, 0.05) is 29.9 Å². The van der Waals surface area contributed by atoms with Crippen LogP contribution in [0.25, 0.3) is 21.0 Å². The second kappa shape index (κ2) is 11.1. The molecule has 1 heterocycles. The number of anilines is 1. The van der Waals surface area contributed by atoms with E-state index >= 15 is 0 Å². The molecular weight excluding hydrogens is 454 g/mol. The van der Waals surface area contributed by atoms with Crippen molar-refractivity contribution < 1.29 is 9.59 Å². The number of thiazole rings is 1. The van der Waals surface area contributed by atoms with E-state index in [1.807, 2.05) is 44.2 Å². The standard InChI is InChI=1S/C29H29N3O2S/c1-4-32(5-2)29(34)23-15-17-24(18-16-23)30-26(33)19-25-27(21-13-11-20(3)12-14-21)35-28(31-25)22-9-7-6-8-10-22/h6-18H,4-5,19H2,1-3H3,(H,30,33). The summed E-state index contributed by atoms with van der Waals surface area (Å²) in [6.07, 6.45) is 0.159. The highest BCUT2D eigenvalue weighted by Gasteiger charge is 2.18. The highest BCUT2D eigenvalue weighted by Crippen LogP contribution is 2.36. The number of hydrogen-bond donors (Lipinski definition) is 1. The fraction of sp³-hybridized carbons (Fsp3) is 0.207. The van der Waals surface area contributed by atoms with Gasteiger partial charge in [-0.05, 0) is 50.6 Å². The van der Waals surface area contributed by atoms with E-state index in [0.29, 0.717) is 24.3 Å². The summed E-state index contributed by atoms with van der Waals surface area (Å²) >= 11 is 1.60. The third kappa shape index (κ3) is 5.84. The summed E-state index contributed by atoms with van der Waals surface area (Å²) in [6.45, 7) is 7.30. The largest absolute Gasteiger partial charge is 0.339 e. The zero-order valence-electron chi connectivity index (χ0n) is 20.2. The first-order valence-electron chi connectivity index (χ1n) is 11.8. The lowest BCUT2D eigenvalue weighted by Gasteiger charge is -2.18. The van der Waals surface area contributed by atoms with Crippen molar-refractivity contribution in [3.63, 3.8) is 0 Å². The predicted molar refractivity (Wildman–Crippen MR) is 144 cm³/mol. The lowest BCUT2D eigenvalue weighted by atomic mass is 10.1. The molecule has 0 atom stereocenters. The van der Waals surface area contributed by atoms with Crippen molar-refractivity contribution in [2.75, 3.05) is 18.4 Å². The minimum absolute atomic E-state index is 0.00784. The molecular formula is C29H29N3O2S. The topological polar surface area (TPSA) is 62.3 Å². The number of carbonyl (C=O) groups excluding carboxylic acids is 2. The molecule has 3 aromatic carbocycles. The molecule has 0 saturated heterocycles. The number of nitrogens with zero attached hydrogens (tertiary/aromatic N) is 2. The minimum atomic E-state index is -0.147. The first-order valence-corrected chi connectivity index (χ1v) is 12.6. The fourth-order valence-corrected chi connectivity index (χ4v) is 4.95. The summed E-state index contributed by atoms with van der Waals surface area (Å²) in [4.78, 5) is 33.1. The number of aromatic nitrogens is 1. The number of aryl methyl sites for hydroxylation is 1. The highest BCUT2D eigenvalue weighted by atomic mass is 32.1. The van der Waals surface area contributed by atoms with E-state index in [1.54, 1.807) is 40.5 Å². The Balaban J connectivity index is 1.54. The Morgan fingerprint density at radius 2 is 1.51 bits per heavy atom. The van der Waals surface area contributed by atoms with Gasteiger partial charge in [-0.1, -0.05) is 60.2 Å². The van der Waals surface area contributed by atoms with Gasteiger partial charge in [-0.2, -0.15) is 0 Å². The Morgan fingerprint density at radius 3 is 2.14 bits per heavy atom. The molecule has 0 unspecified atom stereocenters. The average molecular weight is 484 g/mol. The Labute approximate surface area is 210 Å². The van der Waals surface area contributed by atoms with Gasteiger partial charge in [0.2, 0.25) is 5.91 Å². The van der Waals surface area contributed by atoms with Crippen molar-refractivity contribution in [3.8, 4) is 21.0 Å². The lowest BCUT2D eigenvalue weighted by Crippen LogP contribution is -2.30. The molecule has 35 heavy (non-hydrogen) atoms. The molecule has 0 aliphatic heterocycles. The molecule has 6 heteroatoms. The third-order valence-electron chi connectivity index (χ3n) is 5.83. The SMILES string of the molecule is CCN(CC)C(=O)c1ccc(NC(=O)Cc2nc(-c3ccccc3)sc2-c2ccc(C)cc2)cc1. The second-order valence-corrected chi connectivity index (χ2v) is 9.31. The van der Waals surface area contributed by atoms with Crippen LogP contribution < -0.4 is 5.32 Å². The van der Waals surface area contributed by atoms with E-state index in [1.165, 1.54) is 5.56 Å². The Kier molecular flexibility index (Phi) is 7.73. The van der Waals surface area contributed by atoms with Crippen LogP contribution in [-0.2, 0) is 11.2 Å². The Hall–Kier alpha value is -3.77. The molecule has 4 rings (SSSR count). The summed E-state index contributed by atoms with van der Waals surface area (Å²) in [5.74, 6) is -0.155. The van der Waals surface area contributed by atoms with Crippen LogP contribution >= 0.6 is 11.3 Å². The van der Waals surface area contributed by atoms with Crippen molar-refractivity contribution in [2.45, 2.75) is 27.2 Å². The van der Waals surface area contributed by atoms with Crippen LogP contribution in [0.3, 0.4) is 0 Å². The molecule has 178 valence electrons. The molecule has 0 radical (unpaired) electrons. The summed E-state index contributed by atoms with van der Waals surface area (Å²) in [7, 11) is 0. The molecule has 0 aliphatic carbocycles. The summed E-state index contributed by atoms with van der Waals surface area (Å²) in [5.41, 5.74) is 5.29. The number of nitrogens with one attached hydrogen (secondary N) is 1. The molecule has 2 amide bonds. The molecule has 0 spiro atoms. The van der Waals surface area contributed by atoms with E-state index in [0.717, 1.165) is 26.7 Å². The summed E-state index contributed by atoms with van der Waals surface area (Å²) in [5, 5.41) is 3.84. The molecule has 5 nitrogen and oxygen atoms in total. The van der Waals surface area contributed by atoms with Gasteiger partial charge in [0.25, 0.3) is 5.91 Å². The van der Waals surface area contributed by atoms with Gasteiger partial charge in [-0.25, -0.2) is 4.98 Å². The maximum atomic E-state index is 13.0. The molecule has 4 aromatic rings. The van der Waals surface area contributed by atoms with Crippen molar-refractivity contribution in [2.24, 2.45) is 0 Å². The van der Waals surface area contributed by atoms with E-state index < -0.39 is 0 Å². The normalized spacial score (nSPS) is 10.7. The first-order chi connectivity index (χ1) is 17.0. The molecule has 1 aromatic heterocycles. The van der Waals surface area contributed by atoms with Gasteiger partial charge < -0.3 is 10.2 Å². The van der Waals surface area contributed by atoms with Crippen molar-refractivity contribution >= 4 is 28.8 Å². The van der Waals surface area contributed by atoms with Gasteiger partial charge in [-0.3, -0.25) is 9.59 Å². The minimum Gasteiger partial charge on any atom is -0.339 e. The Morgan fingerprint density at radius 1 is 0.857 bits per heavy atom. The molecule has 0 saturated carbocycles. The van der Waals surface area contributed by atoms with Gasteiger partial charge in [-0.15, -0.1) is 11.3 Å². The molecule has 1 N–H and O–H groups in total. The van der Waals surface area contributed by atoms with Crippen molar-refractivity contribution in [3.05, 3.63) is 95.7 Å². The van der Waals surface area contributed by atoms with Crippen molar-refractivity contribution in [1.29, 1.82) is 0 Å². The quantitative estimate of drug-likeness (QED) is 0.313. The number of amides is 2. The van der Waals surface area contributed by atoms with Crippen LogP contribution in [0.5, 0.6) is 0 Å². The molecule has 0 aliphatic rings. The lowest BCUT2D eigenvalue weighted by molar-refractivity contribution is -0.115. The number of hydrogen-bond acceptors (Lipinski definition) is 4. The van der Waals surface area contributed by atoms with E-state index in [-0.39, 0.29) is 18.2 Å². The van der Waals surface area contributed by atoms with Gasteiger partial charge >= 0.3 is 0 Å². The van der Waals surface area contributed by atoms with E-state index in [9.17, 15) is 9.59 Å². The van der Waals surface area contributed by atoms with Crippen LogP contribution in [-0.4, -0.2) is 34.8 Å². The second-order valence-electron chi connectivity index (χ2n) is 8.31. The first kappa shape index (κ1) is 24.4. The predicted octanol–water partition coefficient (Wildman–Crippen LogP) is 6.45. The van der Waals surface area contributed by atoms with Crippen LogP contribution in [0.1, 0.15) is 35.5 Å². The zero-order chi connectivity index (χ0) is 24.8. The van der Waals surface area contributed by atoms with Crippen molar-refractivity contribution in [1.82, 2.24) is 9.88 Å². The van der Waals surface area contributed by atoms with Crippen LogP contribution in [0.2, 0.25) is 0 Å². The third-order valence-corrected chi connectivity index (χ3v) is 7.02. The number of rotatable bonds is 8. The maximum absolute atomic E-state index is 13.0. The van der Waals surface area contributed by atoms with Crippen LogP contribution in [0, 0.1) is 6.92 Å². The van der Waals surface area contributed by atoms with Gasteiger partial charge in [0.15, 0.2) is 0 Å². The summed E-state index contributed by atoms with van der Waals surface area (Å²) < 4.78 is 0. The van der Waals surface area contributed by atoms with E-state index in [4.69, 9.17) is 4.98 Å². The molecule has 0 fully saturated rings. The fourth-order valence-electron chi connectivity index (χ4n) is 3.85. The number of carbonyl (C=O) groups is 2. The molecule has 0 bridgehead atoms. The van der Waals surface area contributed by atoms with E-state index in [2.05, 4.69) is 36.5 Å². The average Bonchev–Trinajstić information content (AvgIpc) is 3.29. The maximum Gasteiger partial charge on any atom is 0.253 e. The van der Waals surface area contributed by atoms with Gasteiger partial charge in [0.05, 0.1) is 17.0 Å².